The molecule has 0 N–H and O–H groups in total. The topological polar surface area (TPSA) is 17.1 Å². The Morgan fingerprint density at radius 3 is 1.89 bits per heavy atom. The van der Waals surface area contributed by atoms with E-state index in [1.54, 1.807) is 6.92 Å². The van der Waals surface area contributed by atoms with Crippen LogP contribution in [0.2, 0.25) is 13.1 Å². The first-order valence-electron chi connectivity index (χ1n) is 3.42. The zero-order chi connectivity index (χ0) is 7.28. The Morgan fingerprint density at radius 1 is 1.33 bits per heavy atom. The summed E-state index contributed by atoms with van der Waals surface area (Å²) in [6, 6.07) is 0. The third-order valence-corrected chi connectivity index (χ3v) is 8.99. The van der Waals surface area contributed by atoms with Crippen LogP contribution in [0, 0.1) is 0 Å². The second kappa shape index (κ2) is 5.29. The van der Waals surface area contributed by atoms with Crippen LogP contribution in [-0.2, 0) is 4.79 Å². The SMILES string of the molecule is C[CH2][Sb]([CH2]C)[CH2]C(C)=O. The normalized spacial score (nSPS) is 10.2. The number of rotatable bonds is 4. The van der Waals surface area contributed by atoms with E-state index < -0.39 is 20.2 Å². The molecule has 2 heteroatoms. The van der Waals surface area contributed by atoms with E-state index in [9.17, 15) is 4.79 Å². The summed E-state index contributed by atoms with van der Waals surface area (Å²) in [5.41, 5.74) is 0. The van der Waals surface area contributed by atoms with E-state index >= 15 is 0 Å². The van der Waals surface area contributed by atoms with Gasteiger partial charge in [0.15, 0.2) is 0 Å². The molecule has 0 fully saturated rings. The molecule has 54 valence electrons. The second-order valence-corrected chi connectivity index (χ2v) is 10.5. The van der Waals surface area contributed by atoms with Gasteiger partial charge in [0.25, 0.3) is 0 Å². The molecular formula is C7H15OSb. The standard InChI is InChI=1S/C3H5O.2C2H5.Sb/c1-3(2)4;2*1-2;/h1H2,2H3;2*1H2,2H3;. The van der Waals surface area contributed by atoms with Gasteiger partial charge in [-0.25, -0.2) is 0 Å². The fourth-order valence-electron chi connectivity index (χ4n) is 0.762. The summed E-state index contributed by atoms with van der Waals surface area (Å²) in [5, 5.41) is 0. The van der Waals surface area contributed by atoms with E-state index in [-0.39, 0.29) is 0 Å². The summed E-state index contributed by atoms with van der Waals surface area (Å²) < 4.78 is 3.59. The molecule has 0 spiro atoms. The van der Waals surface area contributed by atoms with Gasteiger partial charge in [0.05, 0.1) is 0 Å². The molecular weight excluding hydrogens is 222 g/mol. The molecule has 0 saturated heterocycles. The molecule has 0 atom stereocenters. The Bertz CT molecular complexity index is 86.9. The Kier molecular flexibility index (Phi) is 5.57. The van der Waals surface area contributed by atoms with Gasteiger partial charge in [-0.2, -0.15) is 0 Å². The molecule has 0 aromatic carbocycles. The first kappa shape index (κ1) is 9.49. The van der Waals surface area contributed by atoms with Crippen LogP contribution in [0.25, 0.3) is 0 Å². The average molecular weight is 237 g/mol. The first-order chi connectivity index (χ1) is 4.20. The Morgan fingerprint density at radius 2 is 1.78 bits per heavy atom. The number of hydrogen-bond acceptors (Lipinski definition) is 1. The molecule has 0 saturated carbocycles. The van der Waals surface area contributed by atoms with Crippen molar-refractivity contribution in [2.75, 3.05) is 0 Å². The molecule has 0 unspecified atom stereocenters. The van der Waals surface area contributed by atoms with Gasteiger partial charge in [0.2, 0.25) is 0 Å². The van der Waals surface area contributed by atoms with Gasteiger partial charge in [-0.05, 0) is 0 Å². The fourth-order valence-corrected chi connectivity index (χ4v) is 5.11. The molecule has 0 aromatic heterocycles. The van der Waals surface area contributed by atoms with Crippen LogP contribution >= 0.6 is 0 Å². The van der Waals surface area contributed by atoms with Crippen molar-refractivity contribution < 1.29 is 4.79 Å². The van der Waals surface area contributed by atoms with Crippen LogP contribution in [0.15, 0.2) is 0 Å². The van der Waals surface area contributed by atoms with Crippen LogP contribution in [-0.4, -0.2) is 26.0 Å². The predicted molar refractivity (Wildman–Crippen MR) is 42.2 cm³/mol. The maximum atomic E-state index is 10.6. The maximum absolute atomic E-state index is 10.6. The zero-order valence-electron chi connectivity index (χ0n) is 6.48. The molecule has 0 heterocycles. The quantitative estimate of drug-likeness (QED) is 0.684. The molecule has 0 bridgehead atoms. The van der Waals surface area contributed by atoms with Gasteiger partial charge in [-0.15, -0.1) is 0 Å². The van der Waals surface area contributed by atoms with Crippen molar-refractivity contribution in [3.8, 4) is 0 Å². The van der Waals surface area contributed by atoms with Crippen molar-refractivity contribution in [1.29, 1.82) is 0 Å². The van der Waals surface area contributed by atoms with E-state index in [1.165, 1.54) is 8.73 Å². The van der Waals surface area contributed by atoms with Gasteiger partial charge < -0.3 is 0 Å². The van der Waals surface area contributed by atoms with Crippen molar-refractivity contribution in [2.45, 2.75) is 33.9 Å². The molecule has 0 amide bonds. The van der Waals surface area contributed by atoms with Gasteiger partial charge in [0, 0.05) is 0 Å². The van der Waals surface area contributed by atoms with Crippen LogP contribution in [0.5, 0.6) is 0 Å². The Labute approximate surface area is 64.8 Å². The number of Topliss-reactive ketones (excluding diaryl/α,β-unsaturated/α-hetero) is 1. The molecule has 0 radical (unpaired) electrons. The monoisotopic (exact) mass is 236 g/mol. The summed E-state index contributed by atoms with van der Waals surface area (Å²) in [7, 11) is 0. The molecule has 0 rings (SSSR count). The van der Waals surface area contributed by atoms with Crippen molar-refractivity contribution >= 4 is 26.0 Å². The molecule has 0 aliphatic heterocycles. The van der Waals surface area contributed by atoms with Crippen LogP contribution in [0.3, 0.4) is 0 Å². The molecule has 1 nitrogen and oxygen atoms in total. The Hall–Kier alpha value is 0.488. The molecule has 0 aromatic rings. The van der Waals surface area contributed by atoms with Crippen molar-refractivity contribution in [3.63, 3.8) is 0 Å². The van der Waals surface area contributed by atoms with Crippen LogP contribution in [0.1, 0.15) is 20.8 Å². The molecule has 9 heavy (non-hydrogen) atoms. The minimum atomic E-state index is -0.992. The van der Waals surface area contributed by atoms with E-state index in [0.717, 1.165) is 4.37 Å². The summed E-state index contributed by atoms with van der Waals surface area (Å²) in [4.78, 5) is 10.6. The fraction of sp³-hybridized carbons (Fsp3) is 0.857. The number of hydrogen-bond donors (Lipinski definition) is 0. The van der Waals surface area contributed by atoms with E-state index in [4.69, 9.17) is 0 Å². The van der Waals surface area contributed by atoms with Crippen LogP contribution < -0.4 is 0 Å². The van der Waals surface area contributed by atoms with Gasteiger partial charge in [-0.3, -0.25) is 0 Å². The summed E-state index contributed by atoms with van der Waals surface area (Å²) in [6.45, 7) is 6.15. The van der Waals surface area contributed by atoms with Crippen molar-refractivity contribution in [1.82, 2.24) is 0 Å². The van der Waals surface area contributed by atoms with Gasteiger partial charge >= 0.3 is 64.7 Å². The zero-order valence-corrected chi connectivity index (χ0v) is 9.03. The van der Waals surface area contributed by atoms with E-state index in [1.807, 2.05) is 0 Å². The van der Waals surface area contributed by atoms with Crippen LogP contribution in [0.4, 0.5) is 0 Å². The first-order valence-corrected chi connectivity index (χ1v) is 8.84. The second-order valence-electron chi connectivity index (χ2n) is 2.16. The number of carbonyl (C=O) groups is 1. The van der Waals surface area contributed by atoms with Gasteiger partial charge in [-0.1, -0.05) is 0 Å². The van der Waals surface area contributed by atoms with Gasteiger partial charge in [0.1, 0.15) is 0 Å². The molecule has 0 aliphatic rings. The third-order valence-electron chi connectivity index (χ3n) is 1.34. The molecule has 0 aliphatic carbocycles. The van der Waals surface area contributed by atoms with E-state index in [0.29, 0.717) is 5.78 Å². The summed E-state index contributed by atoms with van der Waals surface area (Å²) in [5.74, 6) is 0.404. The van der Waals surface area contributed by atoms with Crippen molar-refractivity contribution in [3.05, 3.63) is 0 Å². The Balaban J connectivity index is 3.43. The predicted octanol–water partition coefficient (Wildman–Crippen LogP) is 2.11. The number of ketones is 1. The van der Waals surface area contributed by atoms with Crippen molar-refractivity contribution in [2.24, 2.45) is 0 Å². The third kappa shape index (κ3) is 4.96. The van der Waals surface area contributed by atoms with E-state index in [2.05, 4.69) is 13.8 Å². The minimum absolute atomic E-state index is 0.404. The summed E-state index contributed by atoms with van der Waals surface area (Å²) >= 11 is -0.992. The average Bonchev–Trinajstić information content (AvgIpc) is 1.82. The number of carbonyl (C=O) groups excluding carboxylic acids is 1. The summed E-state index contributed by atoms with van der Waals surface area (Å²) in [6.07, 6.45) is 0.